The molecule has 0 aromatic heterocycles. The molecule has 0 bridgehead atoms. The summed E-state index contributed by atoms with van der Waals surface area (Å²) in [5, 5.41) is 3.23. The van der Waals surface area contributed by atoms with Crippen LogP contribution in [0, 0.1) is 5.92 Å². The Morgan fingerprint density at radius 2 is 2.06 bits per heavy atom. The number of halogens is 1. The van der Waals surface area contributed by atoms with Gasteiger partial charge in [0.15, 0.2) is 5.78 Å². The third kappa shape index (κ3) is 2.67. The maximum Gasteiger partial charge on any atom is 0.162 e. The van der Waals surface area contributed by atoms with Crippen molar-refractivity contribution in [1.82, 2.24) is 5.32 Å². The summed E-state index contributed by atoms with van der Waals surface area (Å²) in [6.45, 7) is 1.81. The van der Waals surface area contributed by atoms with Crippen molar-refractivity contribution in [2.45, 2.75) is 19.3 Å². The molecular weight excluding hydrogens is 205 g/mol. The Morgan fingerprint density at radius 1 is 1.31 bits per heavy atom. The molecule has 0 saturated carbocycles. The summed E-state index contributed by atoms with van der Waals surface area (Å²) in [5.74, 6) is 0.0284. The lowest BCUT2D eigenvalue weighted by molar-refractivity contribution is -0.119. The zero-order chi connectivity index (χ0) is 11.4. The standard InChI is InChI=1S/C13H16FNO/c14-12-3-1-2-10(4-5-12)13(16)11-6-8-15-9-7-11/h1,3-5,11,15H,2,6-9H2. The van der Waals surface area contributed by atoms with Gasteiger partial charge in [-0.25, -0.2) is 4.39 Å². The van der Waals surface area contributed by atoms with Crippen LogP contribution < -0.4 is 5.32 Å². The van der Waals surface area contributed by atoms with Crippen molar-refractivity contribution < 1.29 is 9.18 Å². The fraction of sp³-hybridized carbons (Fsp3) is 0.462. The van der Waals surface area contributed by atoms with Gasteiger partial charge in [0.2, 0.25) is 0 Å². The molecule has 1 fully saturated rings. The third-order valence-electron chi connectivity index (χ3n) is 3.09. The van der Waals surface area contributed by atoms with E-state index < -0.39 is 0 Å². The molecule has 0 radical (unpaired) electrons. The predicted octanol–water partition coefficient (Wildman–Crippen LogP) is 2.29. The molecule has 0 spiro atoms. The molecule has 2 nitrogen and oxygen atoms in total. The first kappa shape index (κ1) is 11.3. The highest BCUT2D eigenvalue weighted by molar-refractivity contribution is 5.97. The van der Waals surface area contributed by atoms with Crippen LogP contribution in [-0.4, -0.2) is 18.9 Å². The van der Waals surface area contributed by atoms with Crippen LogP contribution in [-0.2, 0) is 4.79 Å². The molecule has 2 rings (SSSR count). The molecule has 1 heterocycles. The molecule has 3 heteroatoms. The van der Waals surface area contributed by atoms with Crippen molar-refractivity contribution in [1.29, 1.82) is 0 Å². The van der Waals surface area contributed by atoms with E-state index in [0.29, 0.717) is 6.42 Å². The topological polar surface area (TPSA) is 29.1 Å². The number of nitrogens with one attached hydrogen (secondary N) is 1. The van der Waals surface area contributed by atoms with E-state index >= 15 is 0 Å². The van der Waals surface area contributed by atoms with Gasteiger partial charge in [-0.1, -0.05) is 12.2 Å². The quantitative estimate of drug-likeness (QED) is 0.775. The van der Waals surface area contributed by atoms with Crippen LogP contribution >= 0.6 is 0 Å². The van der Waals surface area contributed by atoms with Crippen LogP contribution in [0.1, 0.15) is 19.3 Å². The lowest BCUT2D eigenvalue weighted by Crippen LogP contribution is -2.32. The zero-order valence-electron chi connectivity index (χ0n) is 9.21. The van der Waals surface area contributed by atoms with Gasteiger partial charge in [-0.15, -0.1) is 0 Å². The molecule has 0 atom stereocenters. The molecular formula is C13H16FNO. The summed E-state index contributed by atoms with van der Waals surface area (Å²) in [6, 6.07) is 0. The predicted molar refractivity (Wildman–Crippen MR) is 61.6 cm³/mol. The first-order valence-corrected chi connectivity index (χ1v) is 5.75. The number of carbonyl (C=O) groups excluding carboxylic acids is 1. The van der Waals surface area contributed by atoms with E-state index in [1.165, 1.54) is 12.2 Å². The highest BCUT2D eigenvalue weighted by Gasteiger charge is 2.23. The van der Waals surface area contributed by atoms with E-state index in [4.69, 9.17) is 0 Å². The number of piperidine rings is 1. The van der Waals surface area contributed by atoms with Gasteiger partial charge in [0.1, 0.15) is 5.83 Å². The Balaban J connectivity index is 2.06. The minimum atomic E-state index is -0.284. The van der Waals surface area contributed by atoms with Crippen LogP contribution in [0.5, 0.6) is 0 Å². The van der Waals surface area contributed by atoms with Crippen LogP contribution in [0.15, 0.2) is 35.7 Å². The normalized spacial score (nSPS) is 22.3. The molecule has 16 heavy (non-hydrogen) atoms. The van der Waals surface area contributed by atoms with Gasteiger partial charge in [-0.05, 0) is 50.1 Å². The van der Waals surface area contributed by atoms with Gasteiger partial charge in [-0.3, -0.25) is 4.79 Å². The van der Waals surface area contributed by atoms with E-state index in [2.05, 4.69) is 5.32 Å². The number of Topliss-reactive ketones (excluding diaryl/α,β-unsaturated/α-hetero) is 1. The van der Waals surface area contributed by atoms with E-state index in [1.807, 2.05) is 0 Å². The van der Waals surface area contributed by atoms with Crippen LogP contribution in [0.25, 0.3) is 0 Å². The lowest BCUT2D eigenvalue weighted by Gasteiger charge is -2.22. The number of rotatable bonds is 2. The van der Waals surface area contributed by atoms with E-state index in [9.17, 15) is 9.18 Å². The third-order valence-corrected chi connectivity index (χ3v) is 3.09. The van der Waals surface area contributed by atoms with Crippen LogP contribution in [0.2, 0.25) is 0 Å². The summed E-state index contributed by atoms with van der Waals surface area (Å²) < 4.78 is 12.9. The molecule has 2 aliphatic rings. The monoisotopic (exact) mass is 221 g/mol. The second-order valence-corrected chi connectivity index (χ2v) is 4.24. The molecule has 86 valence electrons. The summed E-state index contributed by atoms with van der Waals surface area (Å²) >= 11 is 0. The average Bonchev–Trinajstić information content (AvgIpc) is 2.54. The Kier molecular flexibility index (Phi) is 3.67. The Morgan fingerprint density at radius 3 is 2.81 bits per heavy atom. The Labute approximate surface area is 94.9 Å². The van der Waals surface area contributed by atoms with Crippen LogP contribution in [0.3, 0.4) is 0 Å². The van der Waals surface area contributed by atoms with Crippen molar-refractivity contribution in [3.63, 3.8) is 0 Å². The zero-order valence-corrected chi connectivity index (χ0v) is 9.21. The maximum absolute atomic E-state index is 12.9. The maximum atomic E-state index is 12.9. The molecule has 0 aromatic carbocycles. The van der Waals surface area contributed by atoms with E-state index in [-0.39, 0.29) is 17.5 Å². The summed E-state index contributed by atoms with van der Waals surface area (Å²) in [7, 11) is 0. The van der Waals surface area contributed by atoms with E-state index in [0.717, 1.165) is 31.5 Å². The van der Waals surface area contributed by atoms with Gasteiger partial charge in [-0.2, -0.15) is 0 Å². The Hall–Kier alpha value is -1.22. The summed E-state index contributed by atoms with van der Waals surface area (Å²) in [4.78, 5) is 12.1. The van der Waals surface area contributed by atoms with Crippen LogP contribution in [0.4, 0.5) is 4.39 Å². The molecule has 1 aliphatic carbocycles. The number of ketones is 1. The first-order valence-electron chi connectivity index (χ1n) is 5.75. The molecule has 0 amide bonds. The van der Waals surface area contributed by atoms with Gasteiger partial charge in [0, 0.05) is 5.92 Å². The SMILES string of the molecule is O=C(C1=CC=C(F)C=CC1)C1CCNCC1. The number of carbonyl (C=O) groups is 1. The van der Waals surface area contributed by atoms with Crippen molar-refractivity contribution in [3.05, 3.63) is 35.7 Å². The van der Waals surface area contributed by atoms with Crippen molar-refractivity contribution in [3.8, 4) is 0 Å². The Bertz CT molecular complexity index is 362. The molecule has 1 saturated heterocycles. The number of hydrogen-bond donors (Lipinski definition) is 1. The molecule has 0 aromatic rings. The fourth-order valence-electron chi connectivity index (χ4n) is 2.13. The van der Waals surface area contributed by atoms with Crippen molar-refractivity contribution >= 4 is 5.78 Å². The smallest absolute Gasteiger partial charge is 0.162 e. The van der Waals surface area contributed by atoms with Crippen molar-refractivity contribution in [2.75, 3.05) is 13.1 Å². The molecule has 1 N–H and O–H groups in total. The highest BCUT2D eigenvalue weighted by Crippen LogP contribution is 2.21. The van der Waals surface area contributed by atoms with E-state index in [1.54, 1.807) is 12.2 Å². The molecule has 1 aliphatic heterocycles. The van der Waals surface area contributed by atoms with Gasteiger partial charge >= 0.3 is 0 Å². The fourth-order valence-corrected chi connectivity index (χ4v) is 2.13. The largest absolute Gasteiger partial charge is 0.317 e. The second-order valence-electron chi connectivity index (χ2n) is 4.24. The highest BCUT2D eigenvalue weighted by atomic mass is 19.1. The number of hydrogen-bond acceptors (Lipinski definition) is 2. The summed E-state index contributed by atoms with van der Waals surface area (Å²) in [5.41, 5.74) is 0.732. The average molecular weight is 221 g/mol. The van der Waals surface area contributed by atoms with Gasteiger partial charge < -0.3 is 5.32 Å². The summed E-state index contributed by atoms with van der Waals surface area (Å²) in [6.07, 6.45) is 8.46. The van der Waals surface area contributed by atoms with Gasteiger partial charge in [0.25, 0.3) is 0 Å². The van der Waals surface area contributed by atoms with Gasteiger partial charge in [0.05, 0.1) is 0 Å². The minimum absolute atomic E-state index is 0.121. The second kappa shape index (κ2) is 5.21. The van der Waals surface area contributed by atoms with Crippen molar-refractivity contribution in [2.24, 2.45) is 5.92 Å². The number of allylic oxidation sites excluding steroid dienone is 6. The first-order chi connectivity index (χ1) is 7.77. The molecule has 0 unspecified atom stereocenters. The lowest BCUT2D eigenvalue weighted by atomic mass is 9.88. The minimum Gasteiger partial charge on any atom is -0.317 e.